The zero-order valence-corrected chi connectivity index (χ0v) is 7.66. The van der Waals surface area contributed by atoms with Gasteiger partial charge < -0.3 is 10.5 Å². The van der Waals surface area contributed by atoms with Gasteiger partial charge in [0.1, 0.15) is 0 Å². The van der Waals surface area contributed by atoms with E-state index < -0.39 is 5.54 Å². The molecule has 3 heteroatoms. The van der Waals surface area contributed by atoms with Crippen molar-refractivity contribution in [2.24, 2.45) is 5.73 Å². The molecule has 2 N–H and O–H groups in total. The minimum absolute atomic E-state index is 0.408. The number of hydrogen-bond donors (Lipinski definition) is 1. The summed E-state index contributed by atoms with van der Waals surface area (Å²) in [6, 6.07) is 5.58. The molecule has 0 aliphatic heterocycles. The molecule has 0 fully saturated rings. The van der Waals surface area contributed by atoms with Crippen LogP contribution in [0.3, 0.4) is 0 Å². The smallest absolute Gasteiger partial charge is 0.213 e. The normalized spacial score (nSPS) is 11.3. The number of nitrogens with zero attached hydrogens (tertiary/aromatic N) is 1. The Hall–Kier alpha value is -1.09. The Morgan fingerprint density at radius 1 is 1.42 bits per heavy atom. The molecule has 1 aromatic rings. The van der Waals surface area contributed by atoms with Gasteiger partial charge in [0.2, 0.25) is 5.88 Å². The first kappa shape index (κ1) is 9.00. The maximum atomic E-state index is 5.86. The highest BCUT2D eigenvalue weighted by atomic mass is 16.5. The molecule has 0 atom stereocenters. The molecule has 0 bridgehead atoms. The molecule has 66 valence electrons. The number of hydrogen-bond acceptors (Lipinski definition) is 3. The monoisotopic (exact) mass is 166 g/mol. The Morgan fingerprint density at radius 3 is 2.58 bits per heavy atom. The van der Waals surface area contributed by atoms with Gasteiger partial charge in [0.15, 0.2) is 0 Å². The molecule has 3 nitrogen and oxygen atoms in total. The minimum Gasteiger partial charge on any atom is -0.481 e. The average molecular weight is 166 g/mol. The fourth-order valence-electron chi connectivity index (χ4n) is 0.887. The van der Waals surface area contributed by atoms with E-state index in [1.165, 1.54) is 0 Å². The zero-order chi connectivity index (χ0) is 9.19. The summed E-state index contributed by atoms with van der Waals surface area (Å²) >= 11 is 0. The fraction of sp³-hybridized carbons (Fsp3) is 0.444. The summed E-state index contributed by atoms with van der Waals surface area (Å²) in [7, 11) is 1.59. The highest BCUT2D eigenvalue weighted by Gasteiger charge is 2.15. The maximum Gasteiger partial charge on any atom is 0.213 e. The molecule has 1 rings (SSSR count). The molecule has 0 aliphatic rings. The van der Waals surface area contributed by atoms with E-state index in [0.717, 1.165) is 5.69 Å². The van der Waals surface area contributed by atoms with Crippen molar-refractivity contribution >= 4 is 0 Å². The summed E-state index contributed by atoms with van der Waals surface area (Å²) in [6.07, 6.45) is 0. The van der Waals surface area contributed by atoms with E-state index in [2.05, 4.69) is 4.98 Å². The third-order valence-electron chi connectivity index (χ3n) is 1.59. The van der Waals surface area contributed by atoms with Gasteiger partial charge in [0.25, 0.3) is 0 Å². The summed E-state index contributed by atoms with van der Waals surface area (Å²) in [4.78, 5) is 4.22. The van der Waals surface area contributed by atoms with Crippen LogP contribution in [0, 0.1) is 0 Å². The Labute approximate surface area is 72.6 Å². The average Bonchev–Trinajstić information content (AvgIpc) is 2.03. The lowest BCUT2D eigenvalue weighted by molar-refractivity contribution is 0.390. The molecule has 0 unspecified atom stereocenters. The van der Waals surface area contributed by atoms with Crippen molar-refractivity contribution in [2.45, 2.75) is 19.4 Å². The summed E-state index contributed by atoms with van der Waals surface area (Å²) < 4.78 is 4.98. The second kappa shape index (κ2) is 3.11. The molecule has 1 heterocycles. The van der Waals surface area contributed by atoms with Crippen LogP contribution in [0.15, 0.2) is 18.2 Å². The lowest BCUT2D eigenvalue weighted by Gasteiger charge is -2.17. The minimum atomic E-state index is -0.408. The van der Waals surface area contributed by atoms with Gasteiger partial charge in [-0.15, -0.1) is 0 Å². The van der Waals surface area contributed by atoms with Gasteiger partial charge in [0, 0.05) is 6.07 Å². The topological polar surface area (TPSA) is 48.1 Å². The number of pyridine rings is 1. The number of methoxy groups -OCH3 is 1. The lowest BCUT2D eigenvalue weighted by Crippen LogP contribution is -2.29. The van der Waals surface area contributed by atoms with Crippen LogP contribution in [0.1, 0.15) is 19.5 Å². The maximum absolute atomic E-state index is 5.86. The van der Waals surface area contributed by atoms with E-state index in [0.29, 0.717) is 5.88 Å². The van der Waals surface area contributed by atoms with Crippen LogP contribution in [-0.2, 0) is 5.54 Å². The molecule has 0 aromatic carbocycles. The van der Waals surface area contributed by atoms with Crippen molar-refractivity contribution in [3.63, 3.8) is 0 Å². The Morgan fingerprint density at radius 2 is 2.08 bits per heavy atom. The van der Waals surface area contributed by atoms with E-state index >= 15 is 0 Å². The predicted molar refractivity (Wildman–Crippen MR) is 48.0 cm³/mol. The summed E-state index contributed by atoms with van der Waals surface area (Å²) in [5.74, 6) is 0.603. The van der Waals surface area contributed by atoms with Crippen LogP contribution in [0.25, 0.3) is 0 Å². The first-order valence-electron chi connectivity index (χ1n) is 3.84. The SMILES string of the molecule is COc1cccc(C(C)(C)N)n1. The van der Waals surface area contributed by atoms with Crippen LogP contribution in [-0.4, -0.2) is 12.1 Å². The molecule has 0 aliphatic carbocycles. The number of ether oxygens (including phenoxy) is 1. The zero-order valence-electron chi connectivity index (χ0n) is 7.66. The molecule has 1 aromatic heterocycles. The standard InChI is InChI=1S/C9H14N2O/c1-9(2,10)7-5-4-6-8(11-7)12-3/h4-6H,10H2,1-3H3. The lowest BCUT2D eigenvalue weighted by atomic mass is 10.0. The highest BCUT2D eigenvalue weighted by molar-refractivity contribution is 5.20. The van der Waals surface area contributed by atoms with Gasteiger partial charge in [-0.1, -0.05) is 6.07 Å². The van der Waals surface area contributed by atoms with E-state index in [1.807, 2.05) is 26.0 Å². The molecule has 0 saturated heterocycles. The van der Waals surface area contributed by atoms with Crippen molar-refractivity contribution in [1.29, 1.82) is 0 Å². The Bertz CT molecular complexity index is 265. The fourth-order valence-corrected chi connectivity index (χ4v) is 0.887. The summed E-state index contributed by atoms with van der Waals surface area (Å²) in [5, 5.41) is 0. The van der Waals surface area contributed by atoms with Gasteiger partial charge in [-0.2, -0.15) is 0 Å². The molecular formula is C9H14N2O. The second-order valence-electron chi connectivity index (χ2n) is 3.29. The van der Waals surface area contributed by atoms with Crippen molar-refractivity contribution in [2.75, 3.05) is 7.11 Å². The molecule has 0 spiro atoms. The molecule has 0 radical (unpaired) electrons. The van der Waals surface area contributed by atoms with E-state index in [4.69, 9.17) is 10.5 Å². The Kier molecular flexibility index (Phi) is 2.33. The quantitative estimate of drug-likeness (QED) is 0.720. The van der Waals surface area contributed by atoms with Crippen molar-refractivity contribution in [3.8, 4) is 5.88 Å². The largest absolute Gasteiger partial charge is 0.481 e. The van der Waals surface area contributed by atoms with Gasteiger partial charge in [-0.3, -0.25) is 0 Å². The van der Waals surface area contributed by atoms with E-state index in [9.17, 15) is 0 Å². The summed E-state index contributed by atoms with van der Waals surface area (Å²) in [5.41, 5.74) is 6.29. The third-order valence-corrected chi connectivity index (χ3v) is 1.59. The van der Waals surface area contributed by atoms with Crippen LogP contribution in [0.5, 0.6) is 5.88 Å². The Balaban J connectivity index is 3.02. The van der Waals surface area contributed by atoms with Crippen LogP contribution in [0.2, 0.25) is 0 Å². The molecule has 0 amide bonds. The van der Waals surface area contributed by atoms with Crippen LogP contribution in [0.4, 0.5) is 0 Å². The van der Waals surface area contributed by atoms with E-state index in [1.54, 1.807) is 13.2 Å². The van der Waals surface area contributed by atoms with Crippen molar-refractivity contribution in [3.05, 3.63) is 23.9 Å². The number of aromatic nitrogens is 1. The van der Waals surface area contributed by atoms with Crippen LogP contribution < -0.4 is 10.5 Å². The molecular weight excluding hydrogens is 152 g/mol. The number of rotatable bonds is 2. The second-order valence-corrected chi connectivity index (χ2v) is 3.29. The van der Waals surface area contributed by atoms with Gasteiger partial charge in [-0.05, 0) is 19.9 Å². The first-order valence-corrected chi connectivity index (χ1v) is 3.84. The van der Waals surface area contributed by atoms with Crippen molar-refractivity contribution < 1.29 is 4.74 Å². The first-order chi connectivity index (χ1) is 5.54. The van der Waals surface area contributed by atoms with Gasteiger partial charge in [0.05, 0.1) is 18.3 Å². The molecule has 0 saturated carbocycles. The van der Waals surface area contributed by atoms with Crippen LogP contribution >= 0.6 is 0 Å². The third kappa shape index (κ3) is 1.95. The van der Waals surface area contributed by atoms with Crippen molar-refractivity contribution in [1.82, 2.24) is 4.98 Å². The van der Waals surface area contributed by atoms with Gasteiger partial charge in [-0.25, -0.2) is 4.98 Å². The number of nitrogens with two attached hydrogens (primary N) is 1. The predicted octanol–water partition coefficient (Wildman–Crippen LogP) is 1.28. The van der Waals surface area contributed by atoms with E-state index in [-0.39, 0.29) is 0 Å². The summed E-state index contributed by atoms with van der Waals surface area (Å²) in [6.45, 7) is 3.82. The highest BCUT2D eigenvalue weighted by Crippen LogP contribution is 2.16. The van der Waals surface area contributed by atoms with Gasteiger partial charge >= 0.3 is 0 Å². The molecule has 12 heavy (non-hydrogen) atoms.